The lowest BCUT2D eigenvalue weighted by molar-refractivity contribution is 0.710. The van der Waals surface area contributed by atoms with Gasteiger partial charge in [-0.05, 0) is 12.0 Å². The first kappa shape index (κ1) is 12.9. The number of hydrogen-bond acceptors (Lipinski definition) is 4. The lowest BCUT2D eigenvalue weighted by atomic mass is 9.96. The van der Waals surface area contributed by atoms with Crippen molar-refractivity contribution in [2.24, 2.45) is 7.05 Å². The van der Waals surface area contributed by atoms with Crippen molar-refractivity contribution < 1.29 is 0 Å². The van der Waals surface area contributed by atoms with E-state index in [0.29, 0.717) is 0 Å². The summed E-state index contributed by atoms with van der Waals surface area (Å²) in [6, 6.07) is 10.4. The number of aryl methyl sites for hydroxylation is 1. The van der Waals surface area contributed by atoms with Crippen LogP contribution in [-0.2, 0) is 7.05 Å². The van der Waals surface area contributed by atoms with E-state index in [1.807, 2.05) is 13.1 Å². The molecule has 110 valence electrons. The van der Waals surface area contributed by atoms with Crippen molar-refractivity contribution in [2.45, 2.75) is 19.3 Å². The summed E-state index contributed by atoms with van der Waals surface area (Å²) in [5.41, 5.74) is 2.86. The molecular formula is C16H16N6. The van der Waals surface area contributed by atoms with Crippen LogP contribution in [0.2, 0.25) is 0 Å². The molecule has 0 spiro atoms. The Morgan fingerprint density at radius 1 is 1.14 bits per heavy atom. The zero-order chi connectivity index (χ0) is 15.1. The molecule has 0 saturated carbocycles. The first-order valence-electron chi connectivity index (χ1n) is 7.36. The van der Waals surface area contributed by atoms with Crippen molar-refractivity contribution in [3.05, 3.63) is 54.2 Å². The smallest absolute Gasteiger partial charge is 0.170 e. The predicted molar refractivity (Wildman–Crippen MR) is 83.6 cm³/mol. The van der Waals surface area contributed by atoms with Gasteiger partial charge in [0.05, 0.1) is 11.6 Å². The minimum Gasteiger partial charge on any atom is -0.250 e. The third kappa shape index (κ3) is 1.88. The molecule has 0 aliphatic rings. The van der Waals surface area contributed by atoms with Crippen LogP contribution in [0.1, 0.15) is 30.7 Å². The van der Waals surface area contributed by atoms with Crippen LogP contribution in [-0.4, -0.2) is 29.4 Å². The second-order valence-electron chi connectivity index (χ2n) is 5.36. The standard InChI is InChI=1S/C16H16N6/c1-3-12(11-7-5-4-6-8-11)14-19-16-13-9-18-21(2)15(13)17-10-22(16)20-14/h4-10,12H,3H2,1-2H3/t12-/m0/s1. The lowest BCUT2D eigenvalue weighted by Crippen LogP contribution is -2.02. The quantitative estimate of drug-likeness (QED) is 0.582. The first-order valence-corrected chi connectivity index (χ1v) is 7.36. The highest BCUT2D eigenvalue weighted by Gasteiger charge is 2.19. The van der Waals surface area contributed by atoms with Gasteiger partial charge in [-0.1, -0.05) is 37.3 Å². The van der Waals surface area contributed by atoms with E-state index < -0.39 is 0 Å². The highest BCUT2D eigenvalue weighted by atomic mass is 15.3. The molecule has 0 bridgehead atoms. The highest BCUT2D eigenvalue weighted by Crippen LogP contribution is 2.26. The summed E-state index contributed by atoms with van der Waals surface area (Å²) in [5.74, 6) is 1.01. The maximum atomic E-state index is 4.76. The molecule has 1 aromatic carbocycles. The monoisotopic (exact) mass is 292 g/mol. The Bertz CT molecular complexity index is 937. The predicted octanol–water partition coefficient (Wildman–Crippen LogP) is 2.55. The van der Waals surface area contributed by atoms with Gasteiger partial charge in [0.1, 0.15) is 6.33 Å². The van der Waals surface area contributed by atoms with Crippen molar-refractivity contribution in [3.8, 4) is 0 Å². The van der Waals surface area contributed by atoms with Crippen LogP contribution in [0, 0.1) is 0 Å². The van der Waals surface area contributed by atoms with E-state index in [-0.39, 0.29) is 5.92 Å². The van der Waals surface area contributed by atoms with Gasteiger partial charge in [-0.25, -0.2) is 14.5 Å². The molecular weight excluding hydrogens is 276 g/mol. The molecule has 1 atom stereocenters. The zero-order valence-corrected chi connectivity index (χ0v) is 12.5. The van der Waals surface area contributed by atoms with Crippen LogP contribution >= 0.6 is 0 Å². The van der Waals surface area contributed by atoms with Gasteiger partial charge in [-0.3, -0.25) is 4.68 Å². The normalized spacial score (nSPS) is 13.0. The second kappa shape index (κ2) is 4.91. The van der Waals surface area contributed by atoms with Crippen molar-refractivity contribution >= 4 is 16.7 Å². The molecule has 4 rings (SSSR count). The van der Waals surface area contributed by atoms with E-state index in [1.165, 1.54) is 5.56 Å². The zero-order valence-electron chi connectivity index (χ0n) is 12.5. The fourth-order valence-electron chi connectivity index (χ4n) is 2.86. The molecule has 0 aliphatic heterocycles. The Kier molecular flexibility index (Phi) is 2.89. The first-order chi connectivity index (χ1) is 10.8. The van der Waals surface area contributed by atoms with Crippen LogP contribution in [0.25, 0.3) is 16.7 Å². The summed E-state index contributed by atoms with van der Waals surface area (Å²) < 4.78 is 3.49. The number of nitrogens with zero attached hydrogens (tertiary/aromatic N) is 6. The Labute approximate surface area is 127 Å². The van der Waals surface area contributed by atoms with Crippen LogP contribution in [0.15, 0.2) is 42.9 Å². The van der Waals surface area contributed by atoms with E-state index in [1.54, 1.807) is 21.7 Å². The molecule has 6 nitrogen and oxygen atoms in total. The SMILES string of the molecule is CC[C@@H](c1ccccc1)c1nc2c3cnn(C)c3ncn2n1. The topological polar surface area (TPSA) is 60.9 Å². The van der Waals surface area contributed by atoms with E-state index >= 15 is 0 Å². The van der Waals surface area contributed by atoms with Gasteiger partial charge < -0.3 is 0 Å². The molecule has 0 N–H and O–H groups in total. The molecule has 0 unspecified atom stereocenters. The third-order valence-corrected chi connectivity index (χ3v) is 4.01. The molecule has 4 aromatic rings. The maximum absolute atomic E-state index is 4.76. The lowest BCUT2D eigenvalue weighted by Gasteiger charge is -2.10. The minimum absolute atomic E-state index is 0.188. The molecule has 3 aromatic heterocycles. The molecule has 0 saturated heterocycles. The average molecular weight is 292 g/mol. The number of aromatic nitrogens is 6. The van der Waals surface area contributed by atoms with Crippen LogP contribution in [0.4, 0.5) is 0 Å². The molecule has 6 heteroatoms. The van der Waals surface area contributed by atoms with Gasteiger partial charge in [0, 0.05) is 13.0 Å². The summed E-state index contributed by atoms with van der Waals surface area (Å²) in [7, 11) is 1.88. The van der Waals surface area contributed by atoms with Crippen LogP contribution in [0.3, 0.4) is 0 Å². The Balaban J connectivity index is 1.90. The third-order valence-electron chi connectivity index (χ3n) is 4.01. The number of benzene rings is 1. The summed E-state index contributed by atoms with van der Waals surface area (Å²) in [6.45, 7) is 2.15. The fourth-order valence-corrected chi connectivity index (χ4v) is 2.86. The van der Waals surface area contributed by atoms with E-state index in [9.17, 15) is 0 Å². The van der Waals surface area contributed by atoms with Gasteiger partial charge >= 0.3 is 0 Å². The number of rotatable bonds is 3. The highest BCUT2D eigenvalue weighted by molar-refractivity contribution is 5.88. The van der Waals surface area contributed by atoms with Gasteiger partial charge in [-0.2, -0.15) is 5.10 Å². The minimum atomic E-state index is 0.188. The molecule has 0 radical (unpaired) electrons. The summed E-state index contributed by atoms with van der Waals surface area (Å²) in [5, 5.41) is 9.80. The molecule has 22 heavy (non-hydrogen) atoms. The molecule has 0 aliphatic carbocycles. The van der Waals surface area contributed by atoms with Crippen molar-refractivity contribution in [1.29, 1.82) is 0 Å². The Morgan fingerprint density at radius 2 is 1.95 bits per heavy atom. The van der Waals surface area contributed by atoms with E-state index in [0.717, 1.165) is 28.9 Å². The summed E-state index contributed by atoms with van der Waals surface area (Å²) in [4.78, 5) is 9.16. The van der Waals surface area contributed by atoms with Gasteiger partial charge in [0.25, 0.3) is 0 Å². The van der Waals surface area contributed by atoms with Crippen LogP contribution < -0.4 is 0 Å². The van der Waals surface area contributed by atoms with Crippen molar-refractivity contribution in [2.75, 3.05) is 0 Å². The summed E-state index contributed by atoms with van der Waals surface area (Å²) in [6.07, 6.45) is 4.44. The van der Waals surface area contributed by atoms with Gasteiger partial charge in [0.15, 0.2) is 17.1 Å². The van der Waals surface area contributed by atoms with E-state index in [2.05, 4.69) is 46.4 Å². The number of fused-ring (bicyclic) bond motifs is 3. The molecule has 3 heterocycles. The maximum Gasteiger partial charge on any atom is 0.170 e. The molecule has 0 fully saturated rings. The summed E-state index contributed by atoms with van der Waals surface area (Å²) >= 11 is 0. The largest absolute Gasteiger partial charge is 0.250 e. The van der Waals surface area contributed by atoms with Gasteiger partial charge in [-0.15, -0.1) is 5.10 Å². The fraction of sp³-hybridized carbons (Fsp3) is 0.250. The Hall–Kier alpha value is -2.76. The average Bonchev–Trinajstić information content (AvgIpc) is 3.13. The van der Waals surface area contributed by atoms with E-state index in [4.69, 9.17) is 4.98 Å². The second-order valence-corrected chi connectivity index (χ2v) is 5.36. The van der Waals surface area contributed by atoms with Gasteiger partial charge in [0.2, 0.25) is 0 Å². The van der Waals surface area contributed by atoms with Crippen molar-refractivity contribution in [3.63, 3.8) is 0 Å². The van der Waals surface area contributed by atoms with Crippen molar-refractivity contribution in [1.82, 2.24) is 29.4 Å². The van der Waals surface area contributed by atoms with Crippen LogP contribution in [0.5, 0.6) is 0 Å². The Morgan fingerprint density at radius 3 is 2.73 bits per heavy atom. The molecule has 0 amide bonds. The number of hydrogen-bond donors (Lipinski definition) is 0.